The smallest absolute Gasteiger partial charge is 0.307 e. The molecule has 2 saturated carbocycles. The molecular weight excluding hydrogens is 242 g/mol. The first kappa shape index (κ1) is 12.9. The summed E-state index contributed by atoms with van der Waals surface area (Å²) in [5.74, 6) is -0.261. The van der Waals surface area contributed by atoms with Crippen molar-refractivity contribution >= 4 is 11.9 Å². The van der Waals surface area contributed by atoms with Gasteiger partial charge in [-0.1, -0.05) is 13.3 Å². The lowest BCUT2D eigenvalue weighted by Crippen LogP contribution is -2.43. The summed E-state index contributed by atoms with van der Waals surface area (Å²) in [6.07, 6.45) is 5.97. The molecule has 0 aromatic heterocycles. The standard InChI is InChI=1S/C15H23NO3/c1-2-9-6-12(13(7-9)15(18)19)14(17)16-8-10-3-4-11(16)5-10/h9-13H,2-8H2,1H3,(H,18,19). The van der Waals surface area contributed by atoms with Crippen LogP contribution in [-0.4, -0.2) is 34.5 Å². The molecule has 0 radical (unpaired) electrons. The Bertz CT molecular complexity index is 395. The van der Waals surface area contributed by atoms with E-state index in [0.717, 1.165) is 32.2 Å². The number of carbonyl (C=O) groups is 2. The number of carbonyl (C=O) groups excluding carboxylic acids is 1. The molecule has 1 N–H and O–H groups in total. The third-order valence-electron chi connectivity index (χ3n) is 5.56. The van der Waals surface area contributed by atoms with Gasteiger partial charge in [-0.3, -0.25) is 9.59 Å². The van der Waals surface area contributed by atoms with Gasteiger partial charge < -0.3 is 10.0 Å². The number of piperidine rings is 1. The van der Waals surface area contributed by atoms with Gasteiger partial charge in [0.2, 0.25) is 5.91 Å². The number of rotatable bonds is 3. The highest BCUT2D eigenvalue weighted by Crippen LogP contribution is 2.43. The van der Waals surface area contributed by atoms with E-state index in [1.54, 1.807) is 0 Å². The summed E-state index contributed by atoms with van der Waals surface area (Å²) in [6.45, 7) is 2.97. The molecule has 5 atom stereocenters. The second-order valence-corrected chi connectivity index (χ2v) is 6.62. The minimum absolute atomic E-state index is 0.135. The van der Waals surface area contributed by atoms with Gasteiger partial charge in [0, 0.05) is 12.6 Å². The molecule has 0 aromatic rings. The average molecular weight is 265 g/mol. The van der Waals surface area contributed by atoms with Crippen LogP contribution in [0.15, 0.2) is 0 Å². The van der Waals surface area contributed by atoms with Crippen molar-refractivity contribution in [3.63, 3.8) is 0 Å². The van der Waals surface area contributed by atoms with Gasteiger partial charge in [0.15, 0.2) is 0 Å². The van der Waals surface area contributed by atoms with Crippen molar-refractivity contribution in [3.8, 4) is 0 Å². The average Bonchev–Trinajstić information content (AvgIpc) is 3.11. The van der Waals surface area contributed by atoms with Crippen molar-refractivity contribution in [2.75, 3.05) is 6.54 Å². The topological polar surface area (TPSA) is 57.6 Å². The molecule has 1 amide bonds. The first-order chi connectivity index (χ1) is 9.10. The van der Waals surface area contributed by atoms with Gasteiger partial charge in [0.1, 0.15) is 0 Å². The molecule has 2 bridgehead atoms. The molecule has 2 aliphatic carbocycles. The van der Waals surface area contributed by atoms with Crippen LogP contribution < -0.4 is 0 Å². The third kappa shape index (κ3) is 2.15. The minimum Gasteiger partial charge on any atom is -0.481 e. The van der Waals surface area contributed by atoms with Crippen LogP contribution in [0.4, 0.5) is 0 Å². The van der Waals surface area contributed by atoms with Crippen LogP contribution in [0.5, 0.6) is 0 Å². The molecular formula is C15H23NO3. The number of carboxylic acid groups (broad SMARTS) is 1. The predicted molar refractivity (Wildman–Crippen MR) is 70.5 cm³/mol. The first-order valence-corrected chi connectivity index (χ1v) is 7.63. The largest absolute Gasteiger partial charge is 0.481 e. The third-order valence-corrected chi connectivity index (χ3v) is 5.56. The Morgan fingerprint density at radius 2 is 1.89 bits per heavy atom. The summed E-state index contributed by atoms with van der Waals surface area (Å²) in [6, 6.07) is 0.410. The number of nitrogens with zero attached hydrogens (tertiary/aromatic N) is 1. The molecule has 4 nitrogen and oxygen atoms in total. The number of carboxylic acids is 1. The van der Waals surface area contributed by atoms with Gasteiger partial charge in [-0.2, -0.15) is 0 Å². The molecule has 106 valence electrons. The predicted octanol–water partition coefficient (Wildman–Crippen LogP) is 2.13. The van der Waals surface area contributed by atoms with E-state index in [4.69, 9.17) is 0 Å². The quantitative estimate of drug-likeness (QED) is 0.850. The Morgan fingerprint density at radius 1 is 1.16 bits per heavy atom. The van der Waals surface area contributed by atoms with Crippen molar-refractivity contribution in [3.05, 3.63) is 0 Å². The highest BCUT2D eigenvalue weighted by molar-refractivity contribution is 5.86. The fourth-order valence-corrected chi connectivity index (χ4v) is 4.43. The molecule has 19 heavy (non-hydrogen) atoms. The van der Waals surface area contributed by atoms with Crippen molar-refractivity contribution in [1.82, 2.24) is 4.90 Å². The van der Waals surface area contributed by atoms with E-state index in [9.17, 15) is 14.7 Å². The van der Waals surface area contributed by atoms with Gasteiger partial charge in [-0.25, -0.2) is 0 Å². The Balaban J connectivity index is 1.73. The van der Waals surface area contributed by atoms with Gasteiger partial charge in [-0.15, -0.1) is 0 Å². The maximum atomic E-state index is 12.7. The summed E-state index contributed by atoms with van der Waals surface area (Å²) in [5.41, 5.74) is 0. The second-order valence-electron chi connectivity index (χ2n) is 6.62. The zero-order valence-electron chi connectivity index (χ0n) is 11.5. The molecule has 0 aromatic carbocycles. The zero-order valence-corrected chi connectivity index (χ0v) is 11.5. The number of likely N-dealkylation sites (tertiary alicyclic amines) is 1. The summed E-state index contributed by atoms with van der Waals surface area (Å²) in [5, 5.41) is 9.35. The molecule has 3 rings (SSSR count). The molecule has 3 fully saturated rings. The first-order valence-electron chi connectivity index (χ1n) is 7.63. The monoisotopic (exact) mass is 265 g/mol. The molecule has 1 aliphatic heterocycles. The second kappa shape index (κ2) is 4.80. The van der Waals surface area contributed by atoms with Gasteiger partial charge in [0.25, 0.3) is 0 Å². The number of fused-ring (bicyclic) bond motifs is 2. The maximum absolute atomic E-state index is 12.7. The Hall–Kier alpha value is -1.06. The van der Waals surface area contributed by atoms with Crippen molar-refractivity contribution in [2.45, 2.75) is 51.5 Å². The lowest BCUT2D eigenvalue weighted by molar-refractivity contribution is -0.149. The van der Waals surface area contributed by atoms with Crippen LogP contribution >= 0.6 is 0 Å². The molecule has 5 unspecified atom stereocenters. The molecule has 4 heteroatoms. The fraction of sp³-hybridized carbons (Fsp3) is 0.867. The zero-order chi connectivity index (χ0) is 13.6. The maximum Gasteiger partial charge on any atom is 0.307 e. The van der Waals surface area contributed by atoms with E-state index in [1.807, 2.05) is 4.90 Å². The lowest BCUT2D eigenvalue weighted by Gasteiger charge is -2.30. The Kier molecular flexibility index (Phi) is 3.27. The Labute approximate surface area is 114 Å². The van der Waals surface area contributed by atoms with Crippen LogP contribution in [0, 0.1) is 23.7 Å². The van der Waals surface area contributed by atoms with E-state index in [-0.39, 0.29) is 11.8 Å². The van der Waals surface area contributed by atoms with Crippen molar-refractivity contribution in [1.29, 1.82) is 0 Å². The lowest BCUT2D eigenvalue weighted by atomic mass is 9.94. The van der Waals surface area contributed by atoms with E-state index < -0.39 is 11.9 Å². The van der Waals surface area contributed by atoms with Gasteiger partial charge in [0.05, 0.1) is 11.8 Å². The molecule has 3 aliphatic rings. The molecule has 0 spiro atoms. The van der Waals surface area contributed by atoms with Crippen LogP contribution in [0.3, 0.4) is 0 Å². The molecule has 1 heterocycles. The Morgan fingerprint density at radius 3 is 2.42 bits per heavy atom. The van der Waals surface area contributed by atoms with Crippen LogP contribution in [0.2, 0.25) is 0 Å². The number of hydrogen-bond acceptors (Lipinski definition) is 2. The SMILES string of the molecule is CCC1CC(C(=O)O)C(C(=O)N2CC3CCC2C3)C1. The van der Waals surface area contributed by atoms with E-state index >= 15 is 0 Å². The van der Waals surface area contributed by atoms with E-state index in [2.05, 4.69) is 6.92 Å². The van der Waals surface area contributed by atoms with Crippen molar-refractivity contribution < 1.29 is 14.7 Å². The number of amides is 1. The normalized spacial score (nSPS) is 40.9. The van der Waals surface area contributed by atoms with Crippen LogP contribution in [-0.2, 0) is 9.59 Å². The van der Waals surface area contributed by atoms with Gasteiger partial charge >= 0.3 is 5.97 Å². The van der Waals surface area contributed by atoms with Gasteiger partial charge in [-0.05, 0) is 43.9 Å². The minimum atomic E-state index is -0.779. The van der Waals surface area contributed by atoms with E-state index in [0.29, 0.717) is 24.3 Å². The van der Waals surface area contributed by atoms with Crippen LogP contribution in [0.1, 0.15) is 45.4 Å². The molecule has 1 saturated heterocycles. The summed E-state index contributed by atoms with van der Waals surface area (Å²) < 4.78 is 0. The number of aliphatic carboxylic acids is 1. The summed E-state index contributed by atoms with van der Waals surface area (Å²) >= 11 is 0. The summed E-state index contributed by atoms with van der Waals surface area (Å²) in [4.78, 5) is 26.1. The summed E-state index contributed by atoms with van der Waals surface area (Å²) in [7, 11) is 0. The number of hydrogen-bond donors (Lipinski definition) is 1. The van der Waals surface area contributed by atoms with Crippen LogP contribution in [0.25, 0.3) is 0 Å². The highest BCUT2D eigenvalue weighted by Gasteiger charge is 2.48. The van der Waals surface area contributed by atoms with Crippen molar-refractivity contribution in [2.24, 2.45) is 23.7 Å². The fourth-order valence-electron chi connectivity index (χ4n) is 4.43. The van der Waals surface area contributed by atoms with E-state index in [1.165, 1.54) is 6.42 Å². The highest BCUT2D eigenvalue weighted by atomic mass is 16.4.